The minimum absolute atomic E-state index is 0.0518. The minimum atomic E-state index is -0.463. The van der Waals surface area contributed by atoms with Gasteiger partial charge in [-0.15, -0.1) is 0 Å². The van der Waals surface area contributed by atoms with Crippen molar-refractivity contribution in [2.75, 3.05) is 7.11 Å². The Labute approximate surface area is 113 Å². The molecular formula is C16H32O2. The summed E-state index contributed by atoms with van der Waals surface area (Å²) in [4.78, 5) is 0. The summed E-state index contributed by atoms with van der Waals surface area (Å²) >= 11 is 0. The number of rotatable bonds is 11. The molecule has 0 aliphatic rings. The predicted molar refractivity (Wildman–Crippen MR) is 78.8 cm³/mol. The molecule has 0 bridgehead atoms. The van der Waals surface area contributed by atoms with E-state index in [1.165, 1.54) is 25.7 Å². The van der Waals surface area contributed by atoms with Crippen LogP contribution in [0.3, 0.4) is 0 Å². The maximum Gasteiger partial charge on any atom is 0.0982 e. The average Bonchev–Trinajstić information content (AvgIpc) is 2.37. The van der Waals surface area contributed by atoms with Gasteiger partial charge in [0.15, 0.2) is 0 Å². The Morgan fingerprint density at radius 1 is 1.00 bits per heavy atom. The molecule has 0 fully saturated rings. The quantitative estimate of drug-likeness (QED) is 0.440. The van der Waals surface area contributed by atoms with Crippen molar-refractivity contribution in [2.24, 2.45) is 5.92 Å². The minimum Gasteiger partial charge on any atom is -0.386 e. The maximum absolute atomic E-state index is 10.0. The normalized spacial score (nSPS) is 16.9. The van der Waals surface area contributed by atoms with E-state index in [4.69, 9.17) is 4.74 Å². The largest absolute Gasteiger partial charge is 0.386 e. The van der Waals surface area contributed by atoms with Crippen molar-refractivity contribution in [1.82, 2.24) is 0 Å². The molecule has 0 aromatic carbocycles. The van der Waals surface area contributed by atoms with E-state index in [1.54, 1.807) is 7.11 Å². The highest BCUT2D eigenvalue weighted by atomic mass is 16.5. The van der Waals surface area contributed by atoms with Gasteiger partial charge in [0.1, 0.15) is 0 Å². The van der Waals surface area contributed by atoms with Crippen molar-refractivity contribution < 1.29 is 9.84 Å². The molecule has 1 N–H and O–H groups in total. The lowest BCUT2D eigenvalue weighted by molar-refractivity contribution is 0.00580. The van der Waals surface area contributed by atoms with Gasteiger partial charge in [0, 0.05) is 7.11 Å². The molecule has 0 aromatic rings. The lowest BCUT2D eigenvalue weighted by Gasteiger charge is -2.19. The molecule has 0 radical (unpaired) electrons. The molecule has 2 heteroatoms. The van der Waals surface area contributed by atoms with E-state index in [0.29, 0.717) is 5.92 Å². The van der Waals surface area contributed by atoms with Gasteiger partial charge < -0.3 is 9.84 Å². The number of aliphatic hydroxyl groups is 1. The Kier molecular flexibility index (Phi) is 11.5. The molecule has 18 heavy (non-hydrogen) atoms. The fourth-order valence-electron chi connectivity index (χ4n) is 2.07. The van der Waals surface area contributed by atoms with Crippen molar-refractivity contribution in [2.45, 2.75) is 77.9 Å². The van der Waals surface area contributed by atoms with Crippen LogP contribution >= 0.6 is 0 Å². The van der Waals surface area contributed by atoms with E-state index in [1.807, 2.05) is 6.08 Å². The van der Waals surface area contributed by atoms with Crippen LogP contribution in [0.25, 0.3) is 0 Å². The van der Waals surface area contributed by atoms with Gasteiger partial charge in [0.05, 0.1) is 12.2 Å². The van der Waals surface area contributed by atoms with Gasteiger partial charge in [-0.25, -0.2) is 0 Å². The van der Waals surface area contributed by atoms with E-state index in [2.05, 4.69) is 26.8 Å². The zero-order chi connectivity index (χ0) is 13.8. The second kappa shape index (κ2) is 11.7. The number of methoxy groups -OCH3 is 1. The highest BCUT2D eigenvalue weighted by molar-refractivity contribution is 4.95. The Bertz CT molecular complexity index is 201. The van der Waals surface area contributed by atoms with Crippen molar-refractivity contribution in [3.05, 3.63) is 12.2 Å². The Morgan fingerprint density at radius 3 is 2.22 bits per heavy atom. The fraction of sp³-hybridized carbons (Fsp3) is 0.875. The smallest absolute Gasteiger partial charge is 0.0982 e. The molecule has 0 aromatic heterocycles. The van der Waals surface area contributed by atoms with Crippen LogP contribution in [0, 0.1) is 5.92 Å². The van der Waals surface area contributed by atoms with E-state index in [0.717, 1.165) is 19.3 Å². The molecule has 0 heterocycles. The van der Waals surface area contributed by atoms with Gasteiger partial charge >= 0.3 is 0 Å². The molecule has 0 amide bonds. The number of allylic oxidation sites excluding steroid dienone is 1. The van der Waals surface area contributed by atoms with Crippen molar-refractivity contribution >= 4 is 0 Å². The topological polar surface area (TPSA) is 29.5 Å². The van der Waals surface area contributed by atoms with E-state index >= 15 is 0 Å². The SMILES string of the molecule is CCCCCC(C)/C=C/C(O)C(CCCC)OC. The van der Waals surface area contributed by atoms with Crippen molar-refractivity contribution in [1.29, 1.82) is 0 Å². The summed E-state index contributed by atoms with van der Waals surface area (Å²) in [6, 6.07) is 0. The summed E-state index contributed by atoms with van der Waals surface area (Å²) in [5.41, 5.74) is 0. The van der Waals surface area contributed by atoms with Crippen molar-refractivity contribution in [3.8, 4) is 0 Å². The first-order chi connectivity index (χ1) is 8.65. The first-order valence-corrected chi connectivity index (χ1v) is 7.54. The van der Waals surface area contributed by atoms with Crippen LogP contribution in [0.2, 0.25) is 0 Å². The lowest BCUT2D eigenvalue weighted by Crippen LogP contribution is -2.26. The molecule has 3 unspecified atom stereocenters. The van der Waals surface area contributed by atoms with Gasteiger partial charge in [-0.3, -0.25) is 0 Å². The standard InChI is InChI=1S/C16H32O2/c1-5-7-9-10-14(3)12-13-15(17)16(18-4)11-8-6-2/h12-17H,5-11H2,1-4H3/b13-12+. The highest BCUT2D eigenvalue weighted by Gasteiger charge is 2.15. The number of aliphatic hydroxyl groups excluding tert-OH is 1. The zero-order valence-corrected chi connectivity index (χ0v) is 12.7. The Balaban J connectivity index is 3.97. The molecule has 0 aliphatic carbocycles. The zero-order valence-electron chi connectivity index (χ0n) is 12.7. The van der Waals surface area contributed by atoms with Gasteiger partial charge in [-0.05, 0) is 18.8 Å². The highest BCUT2D eigenvalue weighted by Crippen LogP contribution is 2.14. The Morgan fingerprint density at radius 2 is 1.67 bits per heavy atom. The molecule has 3 atom stereocenters. The van der Waals surface area contributed by atoms with Crippen LogP contribution in [-0.4, -0.2) is 24.4 Å². The number of hydrogen-bond acceptors (Lipinski definition) is 2. The van der Waals surface area contributed by atoms with Crippen LogP contribution in [0.5, 0.6) is 0 Å². The van der Waals surface area contributed by atoms with Crippen molar-refractivity contribution in [3.63, 3.8) is 0 Å². The first kappa shape index (κ1) is 17.7. The molecule has 0 aliphatic heterocycles. The summed E-state index contributed by atoms with van der Waals surface area (Å²) in [6.45, 7) is 6.60. The third-order valence-electron chi connectivity index (χ3n) is 3.43. The van der Waals surface area contributed by atoms with Crippen LogP contribution in [0.15, 0.2) is 12.2 Å². The predicted octanol–water partition coefficient (Wildman–Crippen LogP) is 4.33. The fourth-order valence-corrected chi connectivity index (χ4v) is 2.07. The summed E-state index contributed by atoms with van der Waals surface area (Å²) in [6.07, 6.45) is 11.8. The monoisotopic (exact) mass is 256 g/mol. The number of ether oxygens (including phenoxy) is 1. The van der Waals surface area contributed by atoms with E-state index < -0.39 is 6.10 Å². The van der Waals surface area contributed by atoms with E-state index in [9.17, 15) is 5.11 Å². The van der Waals surface area contributed by atoms with Gasteiger partial charge in [-0.2, -0.15) is 0 Å². The van der Waals surface area contributed by atoms with Crippen LogP contribution in [0.4, 0.5) is 0 Å². The summed E-state index contributed by atoms with van der Waals surface area (Å²) in [5, 5.41) is 10.0. The number of hydrogen-bond donors (Lipinski definition) is 1. The van der Waals surface area contributed by atoms with Crippen LogP contribution in [-0.2, 0) is 4.74 Å². The summed E-state index contributed by atoms with van der Waals surface area (Å²) in [5.74, 6) is 0.551. The average molecular weight is 256 g/mol. The molecule has 0 saturated carbocycles. The summed E-state index contributed by atoms with van der Waals surface area (Å²) in [7, 11) is 1.68. The second-order valence-corrected chi connectivity index (χ2v) is 5.26. The summed E-state index contributed by atoms with van der Waals surface area (Å²) < 4.78 is 5.34. The molecular weight excluding hydrogens is 224 g/mol. The van der Waals surface area contributed by atoms with E-state index in [-0.39, 0.29) is 6.10 Å². The van der Waals surface area contributed by atoms with Gasteiger partial charge in [-0.1, -0.05) is 65.0 Å². The third-order valence-corrected chi connectivity index (χ3v) is 3.43. The lowest BCUT2D eigenvalue weighted by atomic mass is 10.0. The maximum atomic E-state index is 10.0. The first-order valence-electron chi connectivity index (χ1n) is 7.54. The molecule has 2 nitrogen and oxygen atoms in total. The molecule has 0 spiro atoms. The Hall–Kier alpha value is -0.340. The van der Waals surface area contributed by atoms with Crippen LogP contribution in [0.1, 0.15) is 65.7 Å². The van der Waals surface area contributed by atoms with Gasteiger partial charge in [0.2, 0.25) is 0 Å². The molecule has 108 valence electrons. The third kappa shape index (κ3) is 8.71. The van der Waals surface area contributed by atoms with Crippen LogP contribution < -0.4 is 0 Å². The number of unbranched alkanes of at least 4 members (excludes halogenated alkanes) is 3. The van der Waals surface area contributed by atoms with Gasteiger partial charge in [0.25, 0.3) is 0 Å². The molecule has 0 rings (SSSR count). The molecule has 0 saturated heterocycles. The second-order valence-electron chi connectivity index (χ2n) is 5.26.